The van der Waals surface area contributed by atoms with E-state index in [9.17, 15) is 9.59 Å². The minimum atomic E-state index is -0.472. The van der Waals surface area contributed by atoms with E-state index in [0.29, 0.717) is 68.2 Å². The molecule has 2 aliphatic heterocycles. The largest absolute Gasteiger partial charge is 0.494 e. The predicted molar refractivity (Wildman–Crippen MR) is 178 cm³/mol. The first-order valence-corrected chi connectivity index (χ1v) is 16.2. The summed E-state index contributed by atoms with van der Waals surface area (Å²) in [6.45, 7) is 3.34. The van der Waals surface area contributed by atoms with Crippen LogP contribution in [0.3, 0.4) is 0 Å². The first-order chi connectivity index (χ1) is 23.9. The smallest absolute Gasteiger partial charge is 0.263 e. The Bertz CT molecular complexity index is 2010. The van der Waals surface area contributed by atoms with Gasteiger partial charge in [-0.05, 0) is 31.4 Å². The Hall–Kier alpha value is -4.96. The van der Waals surface area contributed by atoms with E-state index >= 15 is 0 Å². The van der Waals surface area contributed by atoms with Crippen LogP contribution in [0, 0.1) is 0 Å². The molecule has 5 aromatic heterocycles. The van der Waals surface area contributed by atoms with Gasteiger partial charge in [-0.3, -0.25) is 9.59 Å². The Morgan fingerprint density at radius 2 is 1.49 bits per heavy atom. The summed E-state index contributed by atoms with van der Waals surface area (Å²) in [5.74, 6) is 0.607. The third-order valence-electron chi connectivity index (χ3n) is 8.84. The number of nitrogens with one attached hydrogen (secondary N) is 1. The molecule has 2 saturated heterocycles. The minimum absolute atomic E-state index is 0.106. The lowest BCUT2D eigenvalue weighted by molar-refractivity contribution is -0.0916. The maximum absolute atomic E-state index is 12.9. The van der Waals surface area contributed by atoms with Crippen LogP contribution in [-0.4, -0.2) is 83.1 Å². The van der Waals surface area contributed by atoms with Crippen molar-refractivity contribution >= 4 is 28.6 Å². The number of nitrogens with zero attached hydrogens (tertiary/aromatic N) is 5. The Labute approximate surface area is 281 Å². The molecule has 15 nitrogen and oxygen atoms in total. The third-order valence-corrected chi connectivity index (χ3v) is 8.84. The van der Waals surface area contributed by atoms with E-state index in [1.807, 2.05) is 22.9 Å². The van der Waals surface area contributed by atoms with Crippen LogP contribution in [-0.2, 0) is 18.9 Å². The number of methoxy groups -OCH3 is 2. The zero-order chi connectivity index (χ0) is 33.9. The summed E-state index contributed by atoms with van der Waals surface area (Å²) in [6.07, 6.45) is 11.7. The molecule has 3 N–H and O–H groups in total. The van der Waals surface area contributed by atoms with Crippen molar-refractivity contribution < 1.29 is 33.2 Å². The van der Waals surface area contributed by atoms with Gasteiger partial charge < -0.3 is 52.8 Å². The third kappa shape index (κ3) is 6.83. The fourth-order valence-corrected chi connectivity index (χ4v) is 5.98. The number of ether oxygens (including phenoxy) is 6. The van der Waals surface area contributed by atoms with E-state index in [1.54, 1.807) is 52.9 Å². The number of amides is 1. The Kier molecular flexibility index (Phi) is 9.48. The van der Waals surface area contributed by atoms with Crippen LogP contribution < -0.4 is 26.1 Å². The second kappa shape index (κ2) is 14.3. The van der Waals surface area contributed by atoms with E-state index in [-0.39, 0.29) is 29.4 Å². The average Bonchev–Trinajstić information content (AvgIpc) is 3.72. The van der Waals surface area contributed by atoms with Crippen LogP contribution in [0.4, 0.5) is 11.4 Å². The second-order valence-corrected chi connectivity index (χ2v) is 12.0. The molecule has 5 aromatic rings. The highest BCUT2D eigenvalue weighted by atomic mass is 16.6. The molecule has 7 heterocycles. The van der Waals surface area contributed by atoms with E-state index < -0.39 is 5.91 Å². The lowest BCUT2D eigenvalue weighted by Gasteiger charge is -2.27. The SMILES string of the molecule is COc1cc2nc(C3COCCO3)cn2cc1N.COc1cc2nc(C3COCCO3)cn2cc1NC(=O)c1cccn(C2CCC2)c1=O. The van der Waals surface area contributed by atoms with Crippen molar-refractivity contribution in [3.8, 4) is 11.5 Å². The highest BCUT2D eigenvalue weighted by Crippen LogP contribution is 2.31. The summed E-state index contributed by atoms with van der Waals surface area (Å²) in [7, 11) is 3.11. The zero-order valence-electron chi connectivity index (χ0n) is 27.4. The number of fused-ring (bicyclic) bond motifs is 2. The molecule has 49 heavy (non-hydrogen) atoms. The molecule has 0 radical (unpaired) electrons. The van der Waals surface area contributed by atoms with Gasteiger partial charge in [0.05, 0.1) is 70.9 Å². The minimum Gasteiger partial charge on any atom is -0.494 e. The van der Waals surface area contributed by atoms with Crippen LogP contribution in [0.15, 0.2) is 60.0 Å². The van der Waals surface area contributed by atoms with Gasteiger partial charge in [-0.15, -0.1) is 0 Å². The maximum atomic E-state index is 12.9. The molecule has 0 aromatic carbocycles. The highest BCUT2D eigenvalue weighted by molar-refractivity contribution is 6.04. The monoisotopic (exact) mass is 673 g/mol. The van der Waals surface area contributed by atoms with Gasteiger partial charge in [-0.25, -0.2) is 9.97 Å². The Morgan fingerprint density at radius 1 is 0.878 bits per heavy atom. The maximum Gasteiger partial charge on any atom is 0.263 e. The fraction of sp³-hybridized carbons (Fsp3) is 0.412. The molecule has 0 spiro atoms. The number of nitrogen functional groups attached to an aromatic ring is 1. The van der Waals surface area contributed by atoms with Gasteiger partial charge in [0, 0.05) is 49.2 Å². The summed E-state index contributed by atoms with van der Waals surface area (Å²) >= 11 is 0. The van der Waals surface area contributed by atoms with Crippen LogP contribution in [0.25, 0.3) is 11.3 Å². The molecule has 3 fully saturated rings. The average molecular weight is 674 g/mol. The van der Waals surface area contributed by atoms with Crippen molar-refractivity contribution in [2.24, 2.45) is 0 Å². The molecule has 2 unspecified atom stereocenters. The number of nitrogens with two attached hydrogens (primary N) is 1. The molecule has 2 atom stereocenters. The van der Waals surface area contributed by atoms with Crippen molar-refractivity contribution in [3.05, 3.63) is 82.6 Å². The van der Waals surface area contributed by atoms with E-state index in [1.165, 1.54) is 7.11 Å². The topological polar surface area (TPSA) is 167 Å². The molecule has 3 aliphatic rings. The van der Waals surface area contributed by atoms with E-state index in [0.717, 1.165) is 36.3 Å². The van der Waals surface area contributed by atoms with Crippen LogP contribution in [0.5, 0.6) is 11.5 Å². The molecular weight excluding hydrogens is 634 g/mol. The summed E-state index contributed by atoms with van der Waals surface area (Å²) in [5, 5.41) is 2.82. The van der Waals surface area contributed by atoms with Crippen molar-refractivity contribution in [1.29, 1.82) is 0 Å². The lowest BCUT2D eigenvalue weighted by Crippen LogP contribution is -2.33. The summed E-state index contributed by atoms with van der Waals surface area (Å²) in [5.41, 5.74) is 9.75. The molecule has 258 valence electrons. The number of hydrogen-bond donors (Lipinski definition) is 2. The number of pyridine rings is 3. The first kappa shape index (κ1) is 32.6. The number of carbonyl (C=O) groups excluding carboxylic acids is 1. The summed E-state index contributed by atoms with van der Waals surface area (Å²) < 4.78 is 38.1. The molecule has 15 heteroatoms. The lowest BCUT2D eigenvalue weighted by atomic mass is 9.92. The summed E-state index contributed by atoms with van der Waals surface area (Å²) in [6, 6.07) is 7.02. The van der Waals surface area contributed by atoms with Crippen molar-refractivity contribution in [2.75, 3.05) is 64.9 Å². The second-order valence-electron chi connectivity index (χ2n) is 12.0. The van der Waals surface area contributed by atoms with Gasteiger partial charge in [0.2, 0.25) is 0 Å². The standard InChI is InChI=1S/C22H24N4O5.C12H15N3O3/c1-29-18-10-20-23-17(19-13-30-8-9-31-19)12-25(20)11-16(18)24-21(27)15-6-3-7-26(22(15)28)14-4-2-5-14;1-16-10-4-12-14-9(6-15(12)5-8(10)13)11-7-17-2-3-18-11/h3,6-7,10-12,14,19H,2,4-5,8-9,13H2,1H3,(H,24,27);4-6,11H,2-3,7,13H2,1H3. The molecular formula is C34H39N7O8. The quantitative estimate of drug-likeness (QED) is 0.259. The van der Waals surface area contributed by atoms with E-state index in [2.05, 4.69) is 15.3 Å². The first-order valence-electron chi connectivity index (χ1n) is 16.2. The van der Waals surface area contributed by atoms with Crippen LogP contribution in [0.2, 0.25) is 0 Å². The van der Waals surface area contributed by atoms with Crippen LogP contribution >= 0.6 is 0 Å². The number of imidazole rings is 2. The molecule has 1 aliphatic carbocycles. The molecule has 0 bridgehead atoms. The van der Waals surface area contributed by atoms with Crippen LogP contribution in [0.1, 0.15) is 59.3 Å². The number of rotatable bonds is 7. The van der Waals surface area contributed by atoms with Gasteiger partial charge in [0.25, 0.3) is 11.5 Å². The molecule has 8 rings (SSSR count). The van der Waals surface area contributed by atoms with Crippen molar-refractivity contribution in [2.45, 2.75) is 37.5 Å². The number of anilines is 2. The number of carbonyl (C=O) groups is 1. The normalized spacial score (nSPS) is 19.6. The van der Waals surface area contributed by atoms with Gasteiger partial charge in [-0.2, -0.15) is 0 Å². The Morgan fingerprint density at radius 3 is 2.04 bits per heavy atom. The van der Waals surface area contributed by atoms with Gasteiger partial charge in [0.15, 0.2) is 0 Å². The van der Waals surface area contributed by atoms with E-state index in [4.69, 9.17) is 34.2 Å². The zero-order valence-corrected chi connectivity index (χ0v) is 27.4. The Balaban J connectivity index is 0.000000178. The highest BCUT2D eigenvalue weighted by Gasteiger charge is 2.24. The number of hydrogen-bond acceptors (Lipinski definition) is 11. The summed E-state index contributed by atoms with van der Waals surface area (Å²) in [4.78, 5) is 34.8. The van der Waals surface area contributed by atoms with Gasteiger partial charge >= 0.3 is 0 Å². The van der Waals surface area contributed by atoms with Crippen molar-refractivity contribution in [1.82, 2.24) is 23.3 Å². The van der Waals surface area contributed by atoms with Gasteiger partial charge in [0.1, 0.15) is 46.3 Å². The molecule has 1 amide bonds. The number of aromatic nitrogens is 5. The van der Waals surface area contributed by atoms with Crippen molar-refractivity contribution in [3.63, 3.8) is 0 Å². The fourth-order valence-electron chi connectivity index (χ4n) is 5.98. The van der Waals surface area contributed by atoms with Gasteiger partial charge in [-0.1, -0.05) is 0 Å². The predicted octanol–water partition coefficient (Wildman–Crippen LogP) is 3.58. The molecule has 1 saturated carbocycles.